The maximum atomic E-state index is 11.8. The van der Waals surface area contributed by atoms with Gasteiger partial charge in [-0.15, -0.1) is 0 Å². The van der Waals surface area contributed by atoms with Crippen LogP contribution in [0, 0.1) is 11.8 Å². The molecule has 1 heterocycles. The second kappa shape index (κ2) is 4.97. The quantitative estimate of drug-likeness (QED) is 0.737. The molecule has 1 aliphatic carbocycles. The molecule has 86 valence electrons. The molecule has 15 heavy (non-hydrogen) atoms. The van der Waals surface area contributed by atoms with Crippen LogP contribution in [0.25, 0.3) is 0 Å². The summed E-state index contributed by atoms with van der Waals surface area (Å²) in [6.07, 6.45) is 6.14. The highest BCUT2D eigenvalue weighted by Gasteiger charge is 2.25. The van der Waals surface area contributed by atoms with Crippen LogP contribution >= 0.6 is 0 Å². The standard InChI is InChI=1S/C12H22N2O/c1-9-5-6-13-11(7-9)12(15)14-8-10-3-2-4-10/h9-11,13H,2-8H2,1H3,(H,14,15). The summed E-state index contributed by atoms with van der Waals surface area (Å²) in [5.41, 5.74) is 0. The van der Waals surface area contributed by atoms with Crippen molar-refractivity contribution in [3.05, 3.63) is 0 Å². The summed E-state index contributed by atoms with van der Waals surface area (Å²) in [4.78, 5) is 11.8. The Morgan fingerprint density at radius 2 is 2.20 bits per heavy atom. The van der Waals surface area contributed by atoms with Crippen LogP contribution in [-0.2, 0) is 4.79 Å². The molecule has 3 heteroatoms. The maximum Gasteiger partial charge on any atom is 0.237 e. The lowest BCUT2D eigenvalue weighted by molar-refractivity contribution is -0.124. The van der Waals surface area contributed by atoms with Crippen LogP contribution in [0.4, 0.5) is 0 Å². The number of hydrogen-bond donors (Lipinski definition) is 2. The van der Waals surface area contributed by atoms with E-state index in [1.54, 1.807) is 0 Å². The van der Waals surface area contributed by atoms with Gasteiger partial charge in [0.1, 0.15) is 0 Å². The number of rotatable bonds is 3. The summed E-state index contributed by atoms with van der Waals surface area (Å²) in [5.74, 6) is 1.66. The van der Waals surface area contributed by atoms with Crippen LogP contribution in [0.1, 0.15) is 39.0 Å². The van der Waals surface area contributed by atoms with E-state index in [2.05, 4.69) is 17.6 Å². The zero-order valence-electron chi connectivity index (χ0n) is 9.59. The van der Waals surface area contributed by atoms with Crippen LogP contribution in [0.5, 0.6) is 0 Å². The summed E-state index contributed by atoms with van der Waals surface area (Å²) >= 11 is 0. The Bertz CT molecular complexity index is 226. The highest BCUT2D eigenvalue weighted by Crippen LogP contribution is 2.25. The molecule has 0 aromatic carbocycles. The van der Waals surface area contributed by atoms with Gasteiger partial charge in [-0.1, -0.05) is 13.3 Å². The van der Waals surface area contributed by atoms with E-state index in [-0.39, 0.29) is 11.9 Å². The van der Waals surface area contributed by atoms with Gasteiger partial charge in [0.05, 0.1) is 6.04 Å². The van der Waals surface area contributed by atoms with Gasteiger partial charge in [-0.3, -0.25) is 4.79 Å². The second-order valence-corrected chi connectivity index (χ2v) is 5.18. The Hall–Kier alpha value is -0.570. The first kappa shape index (κ1) is 10.9. The molecule has 2 N–H and O–H groups in total. The van der Waals surface area contributed by atoms with Crippen molar-refractivity contribution >= 4 is 5.91 Å². The van der Waals surface area contributed by atoms with E-state index < -0.39 is 0 Å². The molecule has 1 aliphatic heterocycles. The Kier molecular flexibility index (Phi) is 3.62. The maximum absolute atomic E-state index is 11.8. The number of amides is 1. The Labute approximate surface area is 92.0 Å². The number of nitrogens with one attached hydrogen (secondary N) is 2. The summed E-state index contributed by atoms with van der Waals surface area (Å²) in [6.45, 7) is 4.11. The van der Waals surface area contributed by atoms with E-state index in [0.29, 0.717) is 5.92 Å². The van der Waals surface area contributed by atoms with Crippen molar-refractivity contribution in [1.82, 2.24) is 10.6 Å². The van der Waals surface area contributed by atoms with Crippen molar-refractivity contribution in [2.24, 2.45) is 11.8 Å². The van der Waals surface area contributed by atoms with Crippen molar-refractivity contribution < 1.29 is 4.79 Å². The fourth-order valence-corrected chi connectivity index (χ4v) is 2.37. The summed E-state index contributed by atoms with van der Waals surface area (Å²) < 4.78 is 0. The van der Waals surface area contributed by atoms with E-state index in [0.717, 1.165) is 25.4 Å². The van der Waals surface area contributed by atoms with E-state index in [9.17, 15) is 4.79 Å². The third kappa shape index (κ3) is 2.94. The lowest BCUT2D eigenvalue weighted by Crippen LogP contribution is -2.49. The molecular formula is C12H22N2O. The van der Waals surface area contributed by atoms with Gasteiger partial charge in [0.15, 0.2) is 0 Å². The molecule has 0 aromatic heterocycles. The highest BCUT2D eigenvalue weighted by molar-refractivity contribution is 5.81. The Balaban J connectivity index is 1.69. The van der Waals surface area contributed by atoms with Crippen LogP contribution in [0.2, 0.25) is 0 Å². The number of carbonyl (C=O) groups is 1. The lowest BCUT2D eigenvalue weighted by atomic mass is 9.85. The molecule has 1 saturated heterocycles. The highest BCUT2D eigenvalue weighted by atomic mass is 16.2. The minimum Gasteiger partial charge on any atom is -0.354 e. The van der Waals surface area contributed by atoms with Gasteiger partial charge in [-0.05, 0) is 44.1 Å². The molecule has 0 aromatic rings. The molecule has 2 aliphatic rings. The first-order valence-corrected chi connectivity index (χ1v) is 6.27. The Morgan fingerprint density at radius 1 is 1.40 bits per heavy atom. The summed E-state index contributed by atoms with van der Waals surface area (Å²) in [5, 5.41) is 6.37. The molecule has 2 rings (SSSR count). The molecule has 2 atom stereocenters. The van der Waals surface area contributed by atoms with Gasteiger partial charge in [-0.25, -0.2) is 0 Å². The predicted octanol–water partition coefficient (Wildman–Crippen LogP) is 1.29. The van der Waals surface area contributed by atoms with Crippen molar-refractivity contribution in [3.8, 4) is 0 Å². The molecule has 1 saturated carbocycles. The van der Waals surface area contributed by atoms with Crippen LogP contribution in [-0.4, -0.2) is 25.0 Å². The SMILES string of the molecule is CC1CCNC(C(=O)NCC2CCC2)C1. The zero-order chi connectivity index (χ0) is 10.7. The molecule has 0 spiro atoms. The second-order valence-electron chi connectivity index (χ2n) is 5.18. The fraction of sp³-hybridized carbons (Fsp3) is 0.917. The average molecular weight is 210 g/mol. The first-order valence-electron chi connectivity index (χ1n) is 6.27. The van der Waals surface area contributed by atoms with Crippen LogP contribution in [0.3, 0.4) is 0 Å². The van der Waals surface area contributed by atoms with Crippen molar-refractivity contribution in [1.29, 1.82) is 0 Å². The van der Waals surface area contributed by atoms with Gasteiger partial charge in [-0.2, -0.15) is 0 Å². The third-order valence-corrected chi connectivity index (χ3v) is 3.77. The molecule has 0 radical (unpaired) electrons. The fourth-order valence-electron chi connectivity index (χ4n) is 2.37. The van der Waals surface area contributed by atoms with Gasteiger partial charge < -0.3 is 10.6 Å². The zero-order valence-corrected chi connectivity index (χ0v) is 9.59. The largest absolute Gasteiger partial charge is 0.354 e. The van der Waals surface area contributed by atoms with Crippen molar-refractivity contribution in [2.75, 3.05) is 13.1 Å². The molecule has 3 nitrogen and oxygen atoms in total. The van der Waals surface area contributed by atoms with Gasteiger partial charge in [0.25, 0.3) is 0 Å². The normalized spacial score (nSPS) is 32.1. The van der Waals surface area contributed by atoms with Gasteiger partial charge >= 0.3 is 0 Å². The number of carbonyl (C=O) groups excluding carboxylic acids is 1. The van der Waals surface area contributed by atoms with Crippen molar-refractivity contribution in [2.45, 2.75) is 45.1 Å². The number of hydrogen-bond acceptors (Lipinski definition) is 2. The molecule has 1 amide bonds. The first-order chi connectivity index (χ1) is 7.25. The molecule has 0 bridgehead atoms. The van der Waals surface area contributed by atoms with Crippen LogP contribution in [0.15, 0.2) is 0 Å². The van der Waals surface area contributed by atoms with Crippen molar-refractivity contribution in [3.63, 3.8) is 0 Å². The number of piperidine rings is 1. The molecule has 2 fully saturated rings. The van der Waals surface area contributed by atoms with E-state index >= 15 is 0 Å². The third-order valence-electron chi connectivity index (χ3n) is 3.77. The Morgan fingerprint density at radius 3 is 2.80 bits per heavy atom. The van der Waals surface area contributed by atoms with Gasteiger partial charge in [0.2, 0.25) is 5.91 Å². The summed E-state index contributed by atoms with van der Waals surface area (Å²) in [6, 6.07) is 0.0637. The molecule has 2 unspecified atom stereocenters. The lowest BCUT2D eigenvalue weighted by Gasteiger charge is -2.29. The smallest absolute Gasteiger partial charge is 0.237 e. The minimum atomic E-state index is 0.0637. The van der Waals surface area contributed by atoms with E-state index in [1.807, 2.05) is 0 Å². The van der Waals surface area contributed by atoms with Gasteiger partial charge in [0, 0.05) is 6.54 Å². The topological polar surface area (TPSA) is 41.1 Å². The van der Waals surface area contributed by atoms with Crippen LogP contribution < -0.4 is 10.6 Å². The predicted molar refractivity (Wildman–Crippen MR) is 60.5 cm³/mol. The molecular weight excluding hydrogens is 188 g/mol. The summed E-state index contributed by atoms with van der Waals surface area (Å²) in [7, 11) is 0. The average Bonchev–Trinajstić information content (AvgIpc) is 2.15. The van der Waals surface area contributed by atoms with E-state index in [4.69, 9.17) is 0 Å². The monoisotopic (exact) mass is 210 g/mol. The van der Waals surface area contributed by atoms with E-state index in [1.165, 1.54) is 25.7 Å². The minimum absolute atomic E-state index is 0.0637.